The summed E-state index contributed by atoms with van der Waals surface area (Å²) in [7, 11) is 0. The third kappa shape index (κ3) is 2.29. The Hall–Kier alpha value is -0.830. The van der Waals surface area contributed by atoms with Gasteiger partial charge in [0, 0.05) is 30.4 Å². The molecule has 0 aromatic carbocycles. The molecule has 90 valence electrons. The first-order valence-electron chi connectivity index (χ1n) is 6.55. The molecule has 0 radical (unpaired) electrons. The highest BCUT2D eigenvalue weighted by atomic mass is 15.3. The van der Waals surface area contributed by atoms with Gasteiger partial charge in [0.15, 0.2) is 0 Å². The predicted octanol–water partition coefficient (Wildman–Crippen LogP) is 2.37. The summed E-state index contributed by atoms with van der Waals surface area (Å²) in [5.74, 6) is 0. The molecule has 1 atom stereocenters. The maximum atomic E-state index is 4.40. The minimum atomic E-state index is 0.339. The van der Waals surface area contributed by atoms with Crippen molar-refractivity contribution < 1.29 is 0 Å². The van der Waals surface area contributed by atoms with Crippen molar-refractivity contribution in [3.05, 3.63) is 18.0 Å². The number of aromatic nitrogens is 2. The van der Waals surface area contributed by atoms with Gasteiger partial charge < -0.3 is 5.32 Å². The summed E-state index contributed by atoms with van der Waals surface area (Å²) in [5, 5.41) is 8.09. The van der Waals surface area contributed by atoms with Crippen molar-refractivity contribution >= 4 is 0 Å². The van der Waals surface area contributed by atoms with E-state index in [0.717, 1.165) is 19.4 Å². The molecule has 1 unspecified atom stereocenters. The molecular formula is C13H23N3. The van der Waals surface area contributed by atoms with Crippen LogP contribution in [0.4, 0.5) is 0 Å². The second kappa shape index (κ2) is 5.00. The predicted molar refractivity (Wildman–Crippen MR) is 66.5 cm³/mol. The van der Waals surface area contributed by atoms with Gasteiger partial charge in [-0.15, -0.1) is 0 Å². The van der Waals surface area contributed by atoms with Gasteiger partial charge >= 0.3 is 0 Å². The molecule has 2 rings (SSSR count). The van der Waals surface area contributed by atoms with Gasteiger partial charge in [-0.3, -0.25) is 4.68 Å². The maximum absolute atomic E-state index is 4.40. The first-order chi connectivity index (χ1) is 7.79. The van der Waals surface area contributed by atoms with Gasteiger partial charge in [0.05, 0.1) is 0 Å². The van der Waals surface area contributed by atoms with Crippen molar-refractivity contribution in [3.63, 3.8) is 0 Å². The van der Waals surface area contributed by atoms with Crippen molar-refractivity contribution in [2.75, 3.05) is 6.54 Å². The van der Waals surface area contributed by atoms with E-state index in [2.05, 4.69) is 35.0 Å². The van der Waals surface area contributed by atoms with E-state index in [1.165, 1.54) is 31.5 Å². The van der Waals surface area contributed by atoms with Crippen LogP contribution in [0.3, 0.4) is 0 Å². The van der Waals surface area contributed by atoms with Crippen LogP contribution in [0, 0.1) is 0 Å². The number of nitrogens with one attached hydrogen (secondary N) is 1. The van der Waals surface area contributed by atoms with Crippen molar-refractivity contribution in [1.82, 2.24) is 15.1 Å². The molecule has 3 heteroatoms. The molecule has 16 heavy (non-hydrogen) atoms. The summed E-state index contributed by atoms with van der Waals surface area (Å²) >= 11 is 0. The molecule has 0 aliphatic carbocycles. The van der Waals surface area contributed by atoms with Gasteiger partial charge in [-0.1, -0.05) is 13.8 Å². The first kappa shape index (κ1) is 11.6. The van der Waals surface area contributed by atoms with E-state index in [4.69, 9.17) is 0 Å². The minimum absolute atomic E-state index is 0.339. The number of rotatable bonds is 5. The Balaban J connectivity index is 2.09. The van der Waals surface area contributed by atoms with Crippen LogP contribution >= 0.6 is 0 Å². The molecule has 0 saturated carbocycles. The maximum Gasteiger partial charge on any atom is 0.0492 e. The van der Waals surface area contributed by atoms with Gasteiger partial charge in [0.1, 0.15) is 0 Å². The molecule has 1 fully saturated rings. The Morgan fingerprint density at radius 3 is 3.00 bits per heavy atom. The third-order valence-electron chi connectivity index (χ3n) is 3.77. The zero-order chi connectivity index (χ0) is 11.4. The van der Waals surface area contributed by atoms with Crippen molar-refractivity contribution in [1.29, 1.82) is 0 Å². The Labute approximate surface area is 98.2 Å². The molecule has 1 N–H and O–H groups in total. The van der Waals surface area contributed by atoms with Crippen molar-refractivity contribution in [2.45, 2.75) is 58.0 Å². The van der Waals surface area contributed by atoms with Crippen LogP contribution in [0.5, 0.6) is 0 Å². The van der Waals surface area contributed by atoms with Crippen LogP contribution in [0.15, 0.2) is 12.3 Å². The lowest BCUT2D eigenvalue weighted by atomic mass is 9.89. The standard InChI is InChI=1S/C13H23N3/c1-3-10-16-12(6-9-15-16)11-13(4-2)7-5-8-14-13/h6,9,14H,3-5,7-8,10-11H2,1-2H3. The molecule has 3 nitrogen and oxygen atoms in total. The number of aryl methyl sites for hydroxylation is 1. The van der Waals surface area contributed by atoms with E-state index in [9.17, 15) is 0 Å². The van der Waals surface area contributed by atoms with Gasteiger partial charge in [-0.25, -0.2) is 0 Å². The Kier molecular flexibility index (Phi) is 3.64. The van der Waals surface area contributed by atoms with Crippen LogP contribution in [0.1, 0.15) is 45.2 Å². The van der Waals surface area contributed by atoms with Crippen molar-refractivity contribution in [3.8, 4) is 0 Å². The first-order valence-corrected chi connectivity index (χ1v) is 6.55. The van der Waals surface area contributed by atoms with Gasteiger partial charge in [-0.2, -0.15) is 5.10 Å². The fourth-order valence-electron chi connectivity index (χ4n) is 2.72. The topological polar surface area (TPSA) is 29.9 Å². The summed E-state index contributed by atoms with van der Waals surface area (Å²) in [6.07, 6.45) is 8.05. The molecule has 1 aliphatic heterocycles. The molecule has 0 spiro atoms. The molecule has 2 heterocycles. The highest BCUT2D eigenvalue weighted by Gasteiger charge is 2.32. The van der Waals surface area contributed by atoms with Crippen LogP contribution < -0.4 is 5.32 Å². The van der Waals surface area contributed by atoms with Crippen molar-refractivity contribution in [2.24, 2.45) is 0 Å². The van der Waals surface area contributed by atoms with Gasteiger partial charge in [0.2, 0.25) is 0 Å². The van der Waals surface area contributed by atoms with Crippen LogP contribution in [0.25, 0.3) is 0 Å². The summed E-state index contributed by atoms with van der Waals surface area (Å²) in [6.45, 7) is 6.71. The van der Waals surface area contributed by atoms with E-state index in [0.29, 0.717) is 5.54 Å². The summed E-state index contributed by atoms with van der Waals surface area (Å²) < 4.78 is 2.16. The average molecular weight is 221 g/mol. The van der Waals surface area contributed by atoms with Crippen LogP contribution in [-0.2, 0) is 13.0 Å². The molecule has 0 bridgehead atoms. The Bertz CT molecular complexity index is 324. The second-order valence-electron chi connectivity index (χ2n) is 4.89. The number of hydrogen-bond donors (Lipinski definition) is 1. The molecule has 1 aliphatic rings. The molecule has 1 aromatic rings. The van der Waals surface area contributed by atoms with Crippen LogP contribution in [-0.4, -0.2) is 21.9 Å². The monoisotopic (exact) mass is 221 g/mol. The summed E-state index contributed by atoms with van der Waals surface area (Å²) in [6, 6.07) is 2.17. The largest absolute Gasteiger partial charge is 0.311 e. The summed E-state index contributed by atoms with van der Waals surface area (Å²) in [4.78, 5) is 0. The normalized spacial score (nSPS) is 25.1. The second-order valence-corrected chi connectivity index (χ2v) is 4.89. The highest BCUT2D eigenvalue weighted by molar-refractivity contribution is 5.09. The lowest BCUT2D eigenvalue weighted by Gasteiger charge is -2.28. The molecular weight excluding hydrogens is 198 g/mol. The van der Waals surface area contributed by atoms with Crippen LogP contribution in [0.2, 0.25) is 0 Å². The number of hydrogen-bond acceptors (Lipinski definition) is 2. The Morgan fingerprint density at radius 2 is 2.38 bits per heavy atom. The molecule has 1 saturated heterocycles. The SMILES string of the molecule is CCCn1nccc1CC1(CC)CCCN1. The molecule has 1 aromatic heterocycles. The van der Waals surface area contributed by atoms with E-state index < -0.39 is 0 Å². The zero-order valence-corrected chi connectivity index (χ0v) is 10.5. The van der Waals surface area contributed by atoms with E-state index >= 15 is 0 Å². The third-order valence-corrected chi connectivity index (χ3v) is 3.77. The lowest BCUT2D eigenvalue weighted by Crippen LogP contribution is -2.41. The Morgan fingerprint density at radius 1 is 1.50 bits per heavy atom. The highest BCUT2D eigenvalue weighted by Crippen LogP contribution is 2.27. The fraction of sp³-hybridized carbons (Fsp3) is 0.769. The molecule has 0 amide bonds. The number of nitrogens with zero attached hydrogens (tertiary/aromatic N) is 2. The smallest absolute Gasteiger partial charge is 0.0492 e. The zero-order valence-electron chi connectivity index (χ0n) is 10.5. The average Bonchev–Trinajstić information content (AvgIpc) is 2.91. The fourth-order valence-corrected chi connectivity index (χ4v) is 2.72. The van der Waals surface area contributed by atoms with E-state index in [1.54, 1.807) is 0 Å². The van der Waals surface area contributed by atoms with Gasteiger partial charge in [0.25, 0.3) is 0 Å². The lowest BCUT2D eigenvalue weighted by molar-refractivity contribution is 0.348. The summed E-state index contributed by atoms with van der Waals surface area (Å²) in [5.41, 5.74) is 1.73. The quantitative estimate of drug-likeness (QED) is 0.827. The van der Waals surface area contributed by atoms with Gasteiger partial charge in [-0.05, 0) is 38.3 Å². The van der Waals surface area contributed by atoms with E-state index in [-0.39, 0.29) is 0 Å². The van der Waals surface area contributed by atoms with E-state index in [1.807, 2.05) is 6.20 Å². The minimum Gasteiger partial charge on any atom is -0.311 e.